The molecule has 0 radical (unpaired) electrons. The highest BCUT2D eigenvalue weighted by atomic mass is 16.5. The summed E-state index contributed by atoms with van der Waals surface area (Å²) in [5.41, 5.74) is 0. The normalized spacial score (nSPS) is 29.8. The second-order valence-electron chi connectivity index (χ2n) is 7.82. The summed E-state index contributed by atoms with van der Waals surface area (Å²) in [5, 5.41) is 0. The maximum absolute atomic E-state index is 12.1. The SMILES string of the molecule is CCC1CCCCC1OC(=O)CCCC(=O)OC1CCCCC1CC. The molecule has 0 bridgehead atoms. The van der Waals surface area contributed by atoms with E-state index < -0.39 is 0 Å². The van der Waals surface area contributed by atoms with Crippen molar-refractivity contribution in [2.45, 2.75) is 110 Å². The van der Waals surface area contributed by atoms with E-state index in [0.29, 0.717) is 31.1 Å². The summed E-state index contributed by atoms with van der Waals surface area (Å²) in [6.07, 6.45) is 12.6. The maximum atomic E-state index is 12.1. The molecule has 4 atom stereocenters. The van der Waals surface area contributed by atoms with Crippen LogP contribution in [0.25, 0.3) is 0 Å². The summed E-state index contributed by atoms with van der Waals surface area (Å²) < 4.78 is 11.3. The number of hydrogen-bond acceptors (Lipinski definition) is 4. The lowest BCUT2D eigenvalue weighted by atomic mass is 9.85. The lowest BCUT2D eigenvalue weighted by Gasteiger charge is -2.30. The van der Waals surface area contributed by atoms with Crippen molar-refractivity contribution in [3.05, 3.63) is 0 Å². The Morgan fingerprint density at radius 3 is 1.52 bits per heavy atom. The van der Waals surface area contributed by atoms with Crippen LogP contribution in [0.3, 0.4) is 0 Å². The summed E-state index contributed by atoms with van der Waals surface area (Å²) in [4.78, 5) is 24.1. The monoisotopic (exact) mass is 352 g/mol. The highest BCUT2D eigenvalue weighted by Gasteiger charge is 2.28. The van der Waals surface area contributed by atoms with Crippen LogP contribution in [0.1, 0.15) is 97.3 Å². The molecule has 4 nitrogen and oxygen atoms in total. The molecule has 25 heavy (non-hydrogen) atoms. The molecule has 4 unspecified atom stereocenters. The van der Waals surface area contributed by atoms with E-state index in [2.05, 4.69) is 13.8 Å². The first-order valence-electron chi connectivity index (χ1n) is 10.5. The molecule has 2 aliphatic carbocycles. The molecule has 0 aromatic rings. The van der Waals surface area contributed by atoms with Crippen molar-refractivity contribution in [3.8, 4) is 0 Å². The fourth-order valence-electron chi connectivity index (χ4n) is 4.42. The molecule has 2 aliphatic rings. The molecule has 0 heterocycles. The van der Waals surface area contributed by atoms with E-state index >= 15 is 0 Å². The van der Waals surface area contributed by atoms with E-state index in [4.69, 9.17) is 9.47 Å². The molecule has 0 aromatic carbocycles. The second-order valence-corrected chi connectivity index (χ2v) is 7.82. The van der Waals surface area contributed by atoms with Crippen molar-refractivity contribution in [1.82, 2.24) is 0 Å². The smallest absolute Gasteiger partial charge is 0.306 e. The molecule has 0 aromatic heterocycles. The Hall–Kier alpha value is -1.06. The first-order valence-corrected chi connectivity index (χ1v) is 10.5. The summed E-state index contributed by atoms with van der Waals surface area (Å²) >= 11 is 0. The fourth-order valence-corrected chi connectivity index (χ4v) is 4.42. The van der Waals surface area contributed by atoms with Crippen LogP contribution in [-0.4, -0.2) is 24.1 Å². The van der Waals surface area contributed by atoms with Crippen LogP contribution in [0.2, 0.25) is 0 Å². The molecule has 144 valence electrons. The van der Waals surface area contributed by atoms with Gasteiger partial charge in [0.15, 0.2) is 0 Å². The van der Waals surface area contributed by atoms with Gasteiger partial charge in [0.25, 0.3) is 0 Å². The van der Waals surface area contributed by atoms with Crippen LogP contribution < -0.4 is 0 Å². The quantitative estimate of drug-likeness (QED) is 0.565. The molecular weight excluding hydrogens is 316 g/mol. The van der Waals surface area contributed by atoms with Crippen LogP contribution in [0.15, 0.2) is 0 Å². The van der Waals surface area contributed by atoms with Gasteiger partial charge in [-0.1, -0.05) is 26.7 Å². The van der Waals surface area contributed by atoms with Crippen LogP contribution in [0.5, 0.6) is 0 Å². The van der Waals surface area contributed by atoms with Gasteiger partial charge in [-0.25, -0.2) is 0 Å². The fraction of sp³-hybridized carbons (Fsp3) is 0.905. The lowest BCUT2D eigenvalue weighted by Crippen LogP contribution is -2.30. The van der Waals surface area contributed by atoms with Crippen LogP contribution in [-0.2, 0) is 19.1 Å². The zero-order chi connectivity index (χ0) is 18.1. The molecule has 4 heteroatoms. The van der Waals surface area contributed by atoms with Gasteiger partial charge in [-0.15, -0.1) is 0 Å². The number of carbonyl (C=O) groups excluding carboxylic acids is 2. The molecule has 0 N–H and O–H groups in total. The standard InChI is InChI=1S/C21H36O4/c1-3-16-10-5-7-12-18(16)24-20(22)14-9-15-21(23)25-19-13-8-6-11-17(19)4-2/h16-19H,3-15H2,1-2H3. The Balaban J connectivity index is 1.64. The Morgan fingerprint density at radius 1 is 0.720 bits per heavy atom. The molecule has 0 spiro atoms. The molecule has 0 amide bonds. The Labute approximate surface area is 153 Å². The second kappa shape index (κ2) is 10.8. The third-order valence-electron chi connectivity index (χ3n) is 6.05. The summed E-state index contributed by atoms with van der Waals surface area (Å²) in [6, 6.07) is 0. The molecule has 2 rings (SSSR count). The predicted molar refractivity (Wildman–Crippen MR) is 98.1 cm³/mol. The lowest BCUT2D eigenvalue weighted by molar-refractivity contribution is -0.155. The largest absolute Gasteiger partial charge is 0.462 e. The van der Waals surface area contributed by atoms with Gasteiger partial charge in [0.1, 0.15) is 12.2 Å². The van der Waals surface area contributed by atoms with E-state index in [1.54, 1.807) is 0 Å². The summed E-state index contributed by atoms with van der Waals surface area (Å²) in [6.45, 7) is 4.34. The Bertz CT molecular complexity index is 382. The van der Waals surface area contributed by atoms with Gasteiger partial charge in [0.05, 0.1) is 0 Å². The van der Waals surface area contributed by atoms with E-state index in [1.807, 2.05) is 0 Å². The average Bonchev–Trinajstić information content (AvgIpc) is 2.62. The summed E-state index contributed by atoms with van der Waals surface area (Å²) in [7, 11) is 0. The minimum Gasteiger partial charge on any atom is -0.462 e. The number of rotatable bonds is 8. The first-order chi connectivity index (χ1) is 12.1. The highest BCUT2D eigenvalue weighted by molar-refractivity contribution is 5.72. The molecule has 0 saturated heterocycles. The minimum atomic E-state index is -0.151. The Morgan fingerprint density at radius 2 is 1.12 bits per heavy atom. The number of ether oxygens (including phenoxy) is 2. The predicted octanol–water partition coefficient (Wildman–Crippen LogP) is 5.18. The minimum absolute atomic E-state index is 0.0887. The number of hydrogen-bond donors (Lipinski definition) is 0. The van der Waals surface area contributed by atoms with Gasteiger partial charge in [-0.05, 0) is 69.6 Å². The van der Waals surface area contributed by atoms with Crippen LogP contribution in [0, 0.1) is 11.8 Å². The van der Waals surface area contributed by atoms with Crippen molar-refractivity contribution in [2.24, 2.45) is 11.8 Å². The average molecular weight is 353 g/mol. The maximum Gasteiger partial charge on any atom is 0.306 e. The Kier molecular flexibility index (Phi) is 8.77. The topological polar surface area (TPSA) is 52.6 Å². The zero-order valence-electron chi connectivity index (χ0n) is 16.1. The van der Waals surface area contributed by atoms with Crippen LogP contribution in [0.4, 0.5) is 0 Å². The van der Waals surface area contributed by atoms with Crippen molar-refractivity contribution in [2.75, 3.05) is 0 Å². The van der Waals surface area contributed by atoms with E-state index in [9.17, 15) is 9.59 Å². The number of esters is 2. The van der Waals surface area contributed by atoms with Crippen molar-refractivity contribution >= 4 is 11.9 Å². The van der Waals surface area contributed by atoms with Gasteiger partial charge in [0, 0.05) is 12.8 Å². The van der Waals surface area contributed by atoms with Gasteiger partial charge >= 0.3 is 11.9 Å². The zero-order valence-corrected chi connectivity index (χ0v) is 16.1. The third-order valence-corrected chi connectivity index (χ3v) is 6.05. The molecular formula is C21H36O4. The van der Waals surface area contributed by atoms with Gasteiger partial charge in [0.2, 0.25) is 0 Å². The first kappa shape index (κ1) is 20.3. The van der Waals surface area contributed by atoms with E-state index in [1.165, 1.54) is 25.7 Å². The van der Waals surface area contributed by atoms with Gasteiger partial charge in [-0.3, -0.25) is 9.59 Å². The van der Waals surface area contributed by atoms with Gasteiger partial charge in [-0.2, -0.15) is 0 Å². The van der Waals surface area contributed by atoms with E-state index in [0.717, 1.165) is 38.5 Å². The molecule has 2 saturated carbocycles. The highest BCUT2D eigenvalue weighted by Crippen LogP contribution is 2.30. The summed E-state index contributed by atoms with van der Waals surface area (Å²) in [5.74, 6) is 0.726. The third kappa shape index (κ3) is 6.63. The van der Waals surface area contributed by atoms with E-state index in [-0.39, 0.29) is 24.1 Å². The number of carbonyl (C=O) groups is 2. The van der Waals surface area contributed by atoms with Crippen molar-refractivity contribution in [3.63, 3.8) is 0 Å². The van der Waals surface area contributed by atoms with Crippen molar-refractivity contribution < 1.29 is 19.1 Å². The molecule has 0 aliphatic heterocycles. The van der Waals surface area contributed by atoms with Crippen LogP contribution >= 0.6 is 0 Å². The van der Waals surface area contributed by atoms with Crippen molar-refractivity contribution in [1.29, 1.82) is 0 Å². The molecule has 2 fully saturated rings. The van der Waals surface area contributed by atoms with Gasteiger partial charge < -0.3 is 9.47 Å².